The van der Waals surface area contributed by atoms with E-state index in [1.54, 1.807) is 41.5 Å². The molecule has 0 bridgehead atoms. The number of ether oxygens (including phenoxy) is 6. The van der Waals surface area contributed by atoms with Crippen molar-refractivity contribution < 1.29 is 71.9 Å². The fourth-order valence-corrected chi connectivity index (χ4v) is 9.15. The molecule has 63 heavy (non-hydrogen) atoms. The average molecular weight is 897 g/mol. The topological polar surface area (TPSA) is 243 Å². The molecule has 3 N–H and O–H groups in total. The molecule has 0 aromatic carbocycles. The minimum absolute atomic E-state index is 0.0418. The molecule has 3 saturated heterocycles. The lowest BCUT2D eigenvalue weighted by Gasteiger charge is -2.47. The first-order valence-corrected chi connectivity index (χ1v) is 22.0. The number of carbonyl (C=O) groups excluding carboxylic acids is 7. The Balaban J connectivity index is 1.91. The van der Waals surface area contributed by atoms with Crippen LogP contribution in [0.2, 0.25) is 0 Å². The second-order valence-electron chi connectivity index (χ2n) is 18.4. The number of nitrogens with zero attached hydrogens (tertiary/aromatic N) is 2. The van der Waals surface area contributed by atoms with Gasteiger partial charge in [0.1, 0.15) is 29.9 Å². The van der Waals surface area contributed by atoms with Gasteiger partial charge in [0.05, 0.1) is 29.9 Å². The Kier molecular flexibility index (Phi) is 18.7. The molecule has 3 aliphatic heterocycles. The number of nitrogens with one attached hydrogen (secondary N) is 2. The van der Waals surface area contributed by atoms with E-state index in [0.717, 1.165) is 0 Å². The van der Waals surface area contributed by atoms with E-state index in [4.69, 9.17) is 33.5 Å². The zero-order valence-corrected chi connectivity index (χ0v) is 39.5. The molecular weight excluding hydrogens is 824 g/mol. The smallest absolute Gasteiger partial charge is 0.410 e. The van der Waals surface area contributed by atoms with E-state index in [0.29, 0.717) is 25.7 Å². The molecule has 3 rings (SSSR count). The van der Waals surface area contributed by atoms with Crippen LogP contribution in [0.4, 0.5) is 4.79 Å². The number of carbonyl (C=O) groups is 8. The van der Waals surface area contributed by atoms with Crippen molar-refractivity contribution >= 4 is 47.4 Å². The van der Waals surface area contributed by atoms with Crippen molar-refractivity contribution in [1.82, 2.24) is 20.4 Å². The molecule has 3 fully saturated rings. The van der Waals surface area contributed by atoms with Gasteiger partial charge in [-0.2, -0.15) is 0 Å². The van der Waals surface area contributed by atoms with Crippen LogP contribution in [-0.2, 0) is 62.0 Å². The molecule has 3 aliphatic rings. The number of aliphatic carboxylic acids is 1. The lowest BCUT2D eigenvalue weighted by atomic mass is 9.73. The number of cyclic esters (lactones) is 1. The number of Topliss-reactive ketones (excluding diaryl/α,β-unsaturated/α-hetero) is 2. The van der Waals surface area contributed by atoms with Gasteiger partial charge in [-0.05, 0) is 88.2 Å². The normalized spacial score (nSPS) is 35.4. The highest BCUT2D eigenvalue weighted by molar-refractivity contribution is 6.00. The van der Waals surface area contributed by atoms with Gasteiger partial charge < -0.3 is 54.0 Å². The first-order chi connectivity index (χ1) is 29.2. The summed E-state index contributed by atoms with van der Waals surface area (Å²) in [5.41, 5.74) is -2.88. The highest BCUT2D eigenvalue weighted by Gasteiger charge is 2.60. The van der Waals surface area contributed by atoms with Crippen LogP contribution in [0.3, 0.4) is 0 Å². The number of unbranched alkanes of at least 4 members (excludes halogenated alkanes) is 2. The van der Waals surface area contributed by atoms with Crippen LogP contribution in [0.15, 0.2) is 0 Å². The lowest BCUT2D eigenvalue weighted by molar-refractivity contribution is -0.298. The zero-order valence-electron chi connectivity index (χ0n) is 39.5. The van der Waals surface area contributed by atoms with E-state index in [-0.39, 0.29) is 37.3 Å². The molecule has 0 aromatic heterocycles. The molecule has 0 radical (unpaired) electrons. The van der Waals surface area contributed by atoms with Crippen LogP contribution in [-0.4, -0.2) is 156 Å². The van der Waals surface area contributed by atoms with E-state index >= 15 is 0 Å². The summed E-state index contributed by atoms with van der Waals surface area (Å²) in [6.45, 7) is 17.4. The van der Waals surface area contributed by atoms with E-state index in [9.17, 15) is 38.4 Å². The van der Waals surface area contributed by atoms with Crippen LogP contribution < -0.4 is 10.6 Å². The molecule has 19 nitrogen and oxygen atoms in total. The predicted octanol–water partition coefficient (Wildman–Crippen LogP) is 3.03. The van der Waals surface area contributed by atoms with Crippen LogP contribution in [0.1, 0.15) is 115 Å². The first-order valence-electron chi connectivity index (χ1n) is 22.0. The minimum Gasteiger partial charge on any atom is -0.480 e. The Hall–Kier alpha value is -4.20. The number of methoxy groups -OCH3 is 1. The van der Waals surface area contributed by atoms with Gasteiger partial charge in [-0.15, -0.1) is 0 Å². The molecule has 358 valence electrons. The molecule has 19 heteroatoms. The second-order valence-corrected chi connectivity index (χ2v) is 18.4. The van der Waals surface area contributed by atoms with E-state index in [1.165, 1.54) is 39.7 Å². The van der Waals surface area contributed by atoms with Crippen molar-refractivity contribution in [3.63, 3.8) is 0 Å². The van der Waals surface area contributed by atoms with Gasteiger partial charge in [-0.3, -0.25) is 33.6 Å². The first kappa shape index (κ1) is 53.1. The Labute approximate surface area is 371 Å². The van der Waals surface area contributed by atoms with E-state index in [1.807, 2.05) is 25.9 Å². The van der Waals surface area contributed by atoms with Crippen molar-refractivity contribution in [2.24, 2.45) is 23.7 Å². The molecule has 15 atom stereocenters. The maximum absolute atomic E-state index is 14.7. The standard InChI is InChI=1S/C44H72N4O15/c1-22-21-43(10,58-14)37(62-41-35(61-30(9)49)31(47(12)13)20-23(2)59-41)25(4)34(52)26(5)40(56)60-29(8)44(11)36(24(3)33(22)51)48(42(57)63-44)19-17-15-16-18-32(50)45-27(6)38(53)46-28(7)39(54)55/h22-29,31,35-37,41H,15-21H2,1-14H3,(H,45,50)(H,46,53)(H,54,55)/t22-,23-,24+,25+,26-,27?,28?,29-,31+,35-,36-,37-,41+,43?,44-/m1/s1. The van der Waals surface area contributed by atoms with Crippen LogP contribution in [0, 0.1) is 23.7 Å². The maximum Gasteiger partial charge on any atom is 0.410 e. The van der Waals surface area contributed by atoms with E-state index < -0.39 is 119 Å². The van der Waals surface area contributed by atoms with Gasteiger partial charge in [0.2, 0.25) is 11.8 Å². The molecule has 0 aromatic rings. The highest BCUT2D eigenvalue weighted by Crippen LogP contribution is 2.42. The Morgan fingerprint density at radius 1 is 0.921 bits per heavy atom. The number of hydrogen-bond donors (Lipinski definition) is 3. The SMILES string of the molecule is COC1(C)C[C@@H](C)C(=O)[C@H](C)[C@H]2N(CCCCCC(=O)NC(C)C(=O)NC(C)C(=O)O)C(=O)O[C@]2(C)[C@@H](C)OC(=O)[C@H](C)C(=O)[C@H](C)[C@H]1O[C@@H]1O[C@H](C)C[C@H](N(C)C)[C@H]1OC(C)=O. The van der Waals surface area contributed by atoms with Crippen LogP contribution >= 0.6 is 0 Å². The summed E-state index contributed by atoms with van der Waals surface area (Å²) in [7, 11) is 5.15. The molecule has 3 unspecified atom stereocenters. The third kappa shape index (κ3) is 12.8. The number of likely N-dealkylation sites (N-methyl/N-ethyl adjacent to an activating group) is 1. The Morgan fingerprint density at radius 3 is 2.13 bits per heavy atom. The number of carboxylic acids is 1. The number of carboxylic acid groups (broad SMARTS) is 1. The van der Waals surface area contributed by atoms with Crippen molar-refractivity contribution in [2.75, 3.05) is 27.7 Å². The molecule has 3 heterocycles. The van der Waals surface area contributed by atoms with E-state index in [2.05, 4.69) is 10.6 Å². The Morgan fingerprint density at radius 2 is 1.56 bits per heavy atom. The van der Waals surface area contributed by atoms with Gasteiger partial charge >= 0.3 is 24.0 Å². The highest BCUT2D eigenvalue weighted by atomic mass is 16.7. The summed E-state index contributed by atoms with van der Waals surface area (Å²) in [5.74, 6) is -8.40. The van der Waals surface area contributed by atoms with Gasteiger partial charge in [-0.1, -0.05) is 27.2 Å². The molecule has 3 amide bonds. The van der Waals surface area contributed by atoms with Gasteiger partial charge in [0.25, 0.3) is 0 Å². The van der Waals surface area contributed by atoms with Crippen LogP contribution in [0.5, 0.6) is 0 Å². The van der Waals surface area contributed by atoms with Gasteiger partial charge in [-0.25, -0.2) is 4.79 Å². The lowest BCUT2D eigenvalue weighted by Crippen LogP contribution is -2.60. The summed E-state index contributed by atoms with van der Waals surface area (Å²) in [5, 5.41) is 13.9. The summed E-state index contributed by atoms with van der Waals surface area (Å²) in [4.78, 5) is 108. The third-order valence-corrected chi connectivity index (χ3v) is 13.1. The summed E-state index contributed by atoms with van der Waals surface area (Å²) in [6, 6.07) is -3.31. The fourth-order valence-electron chi connectivity index (χ4n) is 9.15. The quantitative estimate of drug-likeness (QED) is 0.0926. The van der Waals surface area contributed by atoms with Gasteiger partial charge in [0, 0.05) is 44.8 Å². The maximum atomic E-state index is 14.7. The number of fused-ring (bicyclic) bond motifs is 1. The predicted molar refractivity (Wildman–Crippen MR) is 226 cm³/mol. The largest absolute Gasteiger partial charge is 0.480 e. The molecular formula is C44H72N4O15. The second kappa shape index (κ2) is 22.1. The summed E-state index contributed by atoms with van der Waals surface area (Å²) in [6.07, 6.45) is -3.44. The molecule has 0 spiro atoms. The van der Waals surface area contributed by atoms with Gasteiger partial charge in [0.15, 0.2) is 23.8 Å². The van der Waals surface area contributed by atoms with Crippen molar-refractivity contribution in [2.45, 2.75) is 181 Å². The molecule has 0 aliphatic carbocycles. The summed E-state index contributed by atoms with van der Waals surface area (Å²) >= 11 is 0. The van der Waals surface area contributed by atoms with Crippen molar-refractivity contribution in [3.05, 3.63) is 0 Å². The van der Waals surface area contributed by atoms with Crippen LogP contribution in [0.25, 0.3) is 0 Å². The average Bonchev–Trinajstić information content (AvgIpc) is 3.47. The monoisotopic (exact) mass is 896 g/mol. The van der Waals surface area contributed by atoms with Crippen molar-refractivity contribution in [1.29, 1.82) is 0 Å². The Bertz CT molecular complexity index is 1690. The zero-order chi connectivity index (χ0) is 47.9. The number of ketones is 2. The number of esters is 2. The third-order valence-electron chi connectivity index (χ3n) is 13.1. The molecule has 0 saturated carbocycles. The number of rotatable bonds is 15. The minimum atomic E-state index is -1.52. The number of amides is 3. The summed E-state index contributed by atoms with van der Waals surface area (Å²) < 4.78 is 36.9. The number of hydrogen-bond acceptors (Lipinski definition) is 15. The fraction of sp³-hybridized carbons (Fsp3) is 0.818. The van der Waals surface area contributed by atoms with Crippen molar-refractivity contribution in [3.8, 4) is 0 Å².